The number of Topliss-reactive ketones (excluding diaryl/α,β-unsaturated/α-hetero) is 1. The molecule has 0 unspecified atom stereocenters. The predicted octanol–water partition coefficient (Wildman–Crippen LogP) is 1.08. The Hall–Kier alpha value is -1.69. The van der Waals surface area contributed by atoms with Crippen LogP contribution in [-0.4, -0.2) is 41.9 Å². The molecule has 0 saturated carbocycles. The number of ketones is 1. The number of piperidine rings is 1. The molecule has 1 aromatic rings. The smallest absolute Gasteiger partial charge is 0.269 e. The van der Waals surface area contributed by atoms with Crippen molar-refractivity contribution in [2.75, 3.05) is 25.1 Å². The monoisotopic (exact) mass is 293 g/mol. The number of methoxy groups -OCH3 is 1. The van der Waals surface area contributed by atoms with Crippen molar-refractivity contribution in [2.24, 2.45) is 5.92 Å². The summed E-state index contributed by atoms with van der Waals surface area (Å²) in [5.74, 6) is -0.0790. The van der Waals surface area contributed by atoms with E-state index in [0.29, 0.717) is 6.10 Å². The lowest BCUT2D eigenvalue weighted by molar-refractivity contribution is -0.122. The van der Waals surface area contributed by atoms with Crippen LogP contribution < -0.4 is 10.5 Å². The van der Waals surface area contributed by atoms with E-state index < -0.39 is 0 Å². The van der Waals surface area contributed by atoms with Crippen LogP contribution in [0.2, 0.25) is 0 Å². The van der Waals surface area contributed by atoms with Gasteiger partial charge in [0.1, 0.15) is 6.54 Å². The fourth-order valence-electron chi connectivity index (χ4n) is 2.40. The van der Waals surface area contributed by atoms with E-state index in [-0.39, 0.29) is 23.8 Å². The fraction of sp³-hybridized carbons (Fsp3) is 0.667. The molecule has 21 heavy (non-hydrogen) atoms. The van der Waals surface area contributed by atoms with E-state index in [2.05, 4.69) is 10.00 Å². The normalized spacial score (nSPS) is 16.5. The molecule has 0 N–H and O–H groups in total. The minimum atomic E-state index is -0.227. The lowest BCUT2D eigenvalue weighted by Gasteiger charge is -2.32. The van der Waals surface area contributed by atoms with Crippen LogP contribution in [0.25, 0.3) is 0 Å². The van der Waals surface area contributed by atoms with Gasteiger partial charge in [-0.2, -0.15) is 5.10 Å². The number of rotatable bonds is 5. The van der Waals surface area contributed by atoms with E-state index in [1.54, 1.807) is 19.4 Å². The van der Waals surface area contributed by atoms with E-state index in [9.17, 15) is 9.59 Å². The summed E-state index contributed by atoms with van der Waals surface area (Å²) >= 11 is 0. The maximum absolute atomic E-state index is 12.1. The second-order valence-electron chi connectivity index (χ2n) is 5.75. The van der Waals surface area contributed by atoms with Gasteiger partial charge in [-0.3, -0.25) is 9.59 Å². The van der Waals surface area contributed by atoms with Gasteiger partial charge < -0.3 is 9.64 Å². The summed E-state index contributed by atoms with van der Waals surface area (Å²) in [7, 11) is 1.73. The van der Waals surface area contributed by atoms with Gasteiger partial charge in [-0.1, -0.05) is 13.8 Å². The summed E-state index contributed by atoms with van der Waals surface area (Å²) in [5, 5.41) is 4.13. The van der Waals surface area contributed by atoms with Gasteiger partial charge in [0.05, 0.1) is 18.0 Å². The number of ether oxygens (including phenoxy) is 1. The van der Waals surface area contributed by atoms with E-state index in [1.165, 1.54) is 4.68 Å². The summed E-state index contributed by atoms with van der Waals surface area (Å²) in [5.41, 5.74) is 0.596. The zero-order valence-corrected chi connectivity index (χ0v) is 12.9. The molecule has 2 rings (SSSR count). The number of anilines is 1. The second-order valence-corrected chi connectivity index (χ2v) is 5.75. The summed E-state index contributed by atoms with van der Waals surface area (Å²) < 4.78 is 6.57. The Morgan fingerprint density at radius 1 is 1.43 bits per heavy atom. The maximum Gasteiger partial charge on any atom is 0.269 e. The van der Waals surface area contributed by atoms with E-state index in [1.807, 2.05) is 13.8 Å². The summed E-state index contributed by atoms with van der Waals surface area (Å²) in [4.78, 5) is 25.9. The van der Waals surface area contributed by atoms with Gasteiger partial charge in [0.25, 0.3) is 5.56 Å². The highest BCUT2D eigenvalue weighted by Crippen LogP contribution is 2.18. The minimum Gasteiger partial charge on any atom is -0.381 e. The lowest BCUT2D eigenvalue weighted by Crippen LogP contribution is -2.38. The van der Waals surface area contributed by atoms with Gasteiger partial charge in [-0.15, -0.1) is 0 Å². The van der Waals surface area contributed by atoms with Gasteiger partial charge >= 0.3 is 0 Å². The van der Waals surface area contributed by atoms with Crippen molar-refractivity contribution in [3.63, 3.8) is 0 Å². The van der Waals surface area contributed by atoms with Crippen LogP contribution in [0.4, 0.5) is 5.69 Å². The average Bonchev–Trinajstić information content (AvgIpc) is 2.49. The fourth-order valence-corrected chi connectivity index (χ4v) is 2.40. The van der Waals surface area contributed by atoms with Gasteiger partial charge in [0.15, 0.2) is 5.78 Å². The highest BCUT2D eigenvalue weighted by Gasteiger charge is 2.20. The molecule has 1 aliphatic rings. The first-order valence-electron chi connectivity index (χ1n) is 7.39. The van der Waals surface area contributed by atoms with Gasteiger partial charge in [0, 0.05) is 32.2 Å². The Labute approximate surface area is 124 Å². The number of nitrogens with zero attached hydrogens (tertiary/aromatic N) is 3. The topological polar surface area (TPSA) is 64.4 Å². The van der Waals surface area contributed by atoms with Crippen molar-refractivity contribution >= 4 is 11.5 Å². The molecule has 0 aliphatic carbocycles. The van der Waals surface area contributed by atoms with E-state index in [4.69, 9.17) is 4.74 Å². The number of carbonyl (C=O) groups excluding carboxylic acids is 1. The predicted molar refractivity (Wildman–Crippen MR) is 80.6 cm³/mol. The van der Waals surface area contributed by atoms with Crippen LogP contribution in [0.5, 0.6) is 0 Å². The van der Waals surface area contributed by atoms with Gasteiger partial charge in [-0.25, -0.2) is 4.68 Å². The molecule has 1 saturated heterocycles. The van der Waals surface area contributed by atoms with Crippen molar-refractivity contribution in [3.05, 3.63) is 22.6 Å². The standard InChI is InChI=1S/C15H23N3O3/c1-11(2)14(19)10-18-15(20)8-12(9-16-18)17-6-4-13(21-3)5-7-17/h8-9,11,13H,4-7,10H2,1-3H3. The Bertz CT molecular complexity index is 545. The molecular formula is C15H23N3O3. The Kier molecular flexibility index (Phi) is 5.12. The molecule has 1 aromatic heterocycles. The Morgan fingerprint density at radius 2 is 2.10 bits per heavy atom. The van der Waals surface area contributed by atoms with Crippen molar-refractivity contribution < 1.29 is 9.53 Å². The molecule has 0 spiro atoms. The molecule has 0 aromatic carbocycles. The molecule has 6 nitrogen and oxygen atoms in total. The molecule has 1 aliphatic heterocycles. The number of carbonyl (C=O) groups is 1. The largest absolute Gasteiger partial charge is 0.381 e. The van der Waals surface area contributed by atoms with E-state index in [0.717, 1.165) is 31.6 Å². The lowest BCUT2D eigenvalue weighted by atomic mass is 10.1. The van der Waals surface area contributed by atoms with Crippen LogP contribution in [0.15, 0.2) is 17.1 Å². The third-order valence-corrected chi connectivity index (χ3v) is 3.95. The highest BCUT2D eigenvalue weighted by atomic mass is 16.5. The van der Waals surface area contributed by atoms with Crippen LogP contribution in [-0.2, 0) is 16.1 Å². The highest BCUT2D eigenvalue weighted by molar-refractivity contribution is 5.79. The van der Waals surface area contributed by atoms with Crippen LogP contribution in [0.1, 0.15) is 26.7 Å². The molecule has 2 heterocycles. The maximum atomic E-state index is 12.1. The van der Waals surface area contributed by atoms with Gasteiger partial charge in [0.2, 0.25) is 0 Å². The van der Waals surface area contributed by atoms with Crippen molar-refractivity contribution in [3.8, 4) is 0 Å². The minimum absolute atomic E-state index is 0.0123. The summed E-state index contributed by atoms with van der Waals surface area (Å²) in [6, 6.07) is 1.56. The van der Waals surface area contributed by atoms with Crippen LogP contribution >= 0.6 is 0 Å². The summed E-state index contributed by atoms with van der Waals surface area (Å²) in [6.07, 6.45) is 3.87. The number of aromatic nitrogens is 2. The van der Waals surface area contributed by atoms with Gasteiger partial charge in [-0.05, 0) is 12.8 Å². The first kappa shape index (κ1) is 15.7. The first-order chi connectivity index (χ1) is 10.0. The number of hydrogen-bond acceptors (Lipinski definition) is 5. The second kappa shape index (κ2) is 6.85. The quantitative estimate of drug-likeness (QED) is 0.813. The molecule has 0 atom stereocenters. The third-order valence-electron chi connectivity index (χ3n) is 3.95. The third kappa shape index (κ3) is 3.91. The van der Waals surface area contributed by atoms with Crippen LogP contribution in [0, 0.1) is 5.92 Å². The number of hydrogen-bond donors (Lipinski definition) is 0. The average molecular weight is 293 g/mol. The SMILES string of the molecule is COC1CCN(c2cnn(CC(=O)C(C)C)c(=O)c2)CC1. The van der Waals surface area contributed by atoms with Crippen LogP contribution in [0.3, 0.4) is 0 Å². The molecule has 0 amide bonds. The first-order valence-corrected chi connectivity index (χ1v) is 7.39. The Balaban J connectivity index is 2.06. The molecule has 0 bridgehead atoms. The van der Waals surface area contributed by atoms with Crippen molar-refractivity contribution in [2.45, 2.75) is 39.3 Å². The van der Waals surface area contributed by atoms with E-state index >= 15 is 0 Å². The summed E-state index contributed by atoms with van der Waals surface area (Å²) in [6.45, 7) is 5.40. The molecule has 1 fully saturated rings. The van der Waals surface area contributed by atoms with Crippen molar-refractivity contribution in [1.82, 2.24) is 9.78 Å². The Morgan fingerprint density at radius 3 is 2.62 bits per heavy atom. The molecular weight excluding hydrogens is 270 g/mol. The molecule has 6 heteroatoms. The zero-order chi connectivity index (χ0) is 15.4. The molecule has 0 radical (unpaired) electrons. The zero-order valence-electron chi connectivity index (χ0n) is 12.9. The molecule has 116 valence electrons. The van der Waals surface area contributed by atoms with Crippen molar-refractivity contribution in [1.29, 1.82) is 0 Å².